The number of aromatic carboxylic acids is 1. The Morgan fingerprint density at radius 3 is 2.62 bits per heavy atom. The molecule has 0 aromatic heterocycles. The van der Waals surface area contributed by atoms with E-state index in [-0.39, 0.29) is 17.9 Å². The topological polar surface area (TPSA) is 66.4 Å². The van der Waals surface area contributed by atoms with Crippen LogP contribution in [0.15, 0.2) is 46.9 Å². The van der Waals surface area contributed by atoms with Crippen LogP contribution in [0.3, 0.4) is 0 Å². The van der Waals surface area contributed by atoms with Gasteiger partial charge in [0.05, 0.1) is 12.0 Å². The first-order chi connectivity index (χ1) is 9.95. The SMILES string of the molecule is Cc1ccc(C(=O)O)cc1NC(=O)Cc1cccc(Br)c1. The number of hydrogen-bond acceptors (Lipinski definition) is 2. The third-order valence-corrected chi connectivity index (χ3v) is 3.51. The number of carboxylic acid groups (broad SMARTS) is 1. The van der Waals surface area contributed by atoms with Gasteiger partial charge in [-0.25, -0.2) is 4.79 Å². The number of carboxylic acids is 1. The molecule has 21 heavy (non-hydrogen) atoms. The van der Waals surface area contributed by atoms with Crippen molar-refractivity contribution in [3.8, 4) is 0 Å². The van der Waals surface area contributed by atoms with Crippen molar-refractivity contribution in [2.45, 2.75) is 13.3 Å². The number of halogens is 1. The van der Waals surface area contributed by atoms with Crippen LogP contribution in [0, 0.1) is 6.92 Å². The molecule has 0 saturated carbocycles. The van der Waals surface area contributed by atoms with Crippen molar-refractivity contribution in [3.05, 3.63) is 63.6 Å². The van der Waals surface area contributed by atoms with Gasteiger partial charge in [0.15, 0.2) is 0 Å². The molecule has 2 N–H and O–H groups in total. The number of benzene rings is 2. The number of hydrogen-bond donors (Lipinski definition) is 2. The molecule has 4 nitrogen and oxygen atoms in total. The summed E-state index contributed by atoms with van der Waals surface area (Å²) in [7, 11) is 0. The van der Waals surface area contributed by atoms with Gasteiger partial charge in [0, 0.05) is 10.2 Å². The number of anilines is 1. The van der Waals surface area contributed by atoms with Crippen LogP contribution in [0.2, 0.25) is 0 Å². The van der Waals surface area contributed by atoms with Gasteiger partial charge < -0.3 is 10.4 Å². The lowest BCUT2D eigenvalue weighted by Gasteiger charge is -2.09. The van der Waals surface area contributed by atoms with Crippen LogP contribution in [0.1, 0.15) is 21.5 Å². The van der Waals surface area contributed by atoms with Gasteiger partial charge in [0.25, 0.3) is 0 Å². The minimum absolute atomic E-state index is 0.151. The van der Waals surface area contributed by atoms with Gasteiger partial charge in [-0.3, -0.25) is 4.79 Å². The lowest BCUT2D eigenvalue weighted by Crippen LogP contribution is -2.15. The molecule has 0 unspecified atom stereocenters. The minimum atomic E-state index is -1.02. The van der Waals surface area contributed by atoms with Crippen molar-refractivity contribution in [2.24, 2.45) is 0 Å². The highest BCUT2D eigenvalue weighted by Crippen LogP contribution is 2.18. The molecule has 0 bridgehead atoms. The predicted molar refractivity (Wildman–Crippen MR) is 84.6 cm³/mol. The van der Waals surface area contributed by atoms with Crippen molar-refractivity contribution < 1.29 is 14.7 Å². The van der Waals surface area contributed by atoms with Crippen LogP contribution in [0.4, 0.5) is 5.69 Å². The van der Waals surface area contributed by atoms with Gasteiger partial charge >= 0.3 is 5.97 Å². The fraction of sp³-hybridized carbons (Fsp3) is 0.125. The lowest BCUT2D eigenvalue weighted by atomic mass is 10.1. The monoisotopic (exact) mass is 347 g/mol. The predicted octanol–water partition coefficient (Wildman–Crippen LogP) is 3.64. The van der Waals surface area contributed by atoms with E-state index in [9.17, 15) is 9.59 Å². The zero-order chi connectivity index (χ0) is 15.4. The maximum Gasteiger partial charge on any atom is 0.335 e. The molecule has 0 atom stereocenters. The van der Waals surface area contributed by atoms with Crippen LogP contribution in [-0.4, -0.2) is 17.0 Å². The Morgan fingerprint density at radius 1 is 1.19 bits per heavy atom. The van der Waals surface area contributed by atoms with E-state index >= 15 is 0 Å². The Hall–Kier alpha value is -2.14. The highest BCUT2D eigenvalue weighted by atomic mass is 79.9. The Kier molecular flexibility index (Phi) is 4.75. The molecule has 2 aromatic rings. The highest BCUT2D eigenvalue weighted by Gasteiger charge is 2.09. The second-order valence-electron chi connectivity index (χ2n) is 4.69. The zero-order valence-corrected chi connectivity index (χ0v) is 13.0. The molecule has 2 aromatic carbocycles. The van der Waals surface area contributed by atoms with E-state index in [1.54, 1.807) is 6.07 Å². The van der Waals surface area contributed by atoms with E-state index in [1.807, 2.05) is 31.2 Å². The Morgan fingerprint density at radius 2 is 1.95 bits per heavy atom. The van der Waals surface area contributed by atoms with Crippen molar-refractivity contribution in [1.29, 1.82) is 0 Å². The molecule has 0 fully saturated rings. The number of carbonyl (C=O) groups excluding carboxylic acids is 1. The maximum absolute atomic E-state index is 12.1. The summed E-state index contributed by atoms with van der Waals surface area (Å²) in [5, 5.41) is 11.7. The van der Waals surface area contributed by atoms with Gasteiger partial charge in [0.2, 0.25) is 5.91 Å². The number of amides is 1. The first-order valence-electron chi connectivity index (χ1n) is 6.34. The quantitative estimate of drug-likeness (QED) is 0.887. The highest BCUT2D eigenvalue weighted by molar-refractivity contribution is 9.10. The normalized spacial score (nSPS) is 10.2. The van der Waals surface area contributed by atoms with Gasteiger partial charge in [0.1, 0.15) is 0 Å². The van der Waals surface area contributed by atoms with Crippen LogP contribution in [-0.2, 0) is 11.2 Å². The van der Waals surface area contributed by atoms with Gasteiger partial charge in [-0.2, -0.15) is 0 Å². The fourth-order valence-corrected chi connectivity index (χ4v) is 2.36. The Labute approximate surface area is 130 Å². The molecule has 1 amide bonds. The molecule has 0 spiro atoms. The van der Waals surface area contributed by atoms with E-state index in [0.717, 1.165) is 15.6 Å². The summed E-state index contributed by atoms with van der Waals surface area (Å²) >= 11 is 3.36. The summed E-state index contributed by atoms with van der Waals surface area (Å²) in [6.07, 6.45) is 0.232. The van der Waals surface area contributed by atoms with Crippen molar-refractivity contribution in [3.63, 3.8) is 0 Å². The summed E-state index contributed by atoms with van der Waals surface area (Å²) < 4.78 is 0.914. The smallest absolute Gasteiger partial charge is 0.335 e. The van der Waals surface area contributed by atoms with E-state index in [2.05, 4.69) is 21.2 Å². The standard InChI is InChI=1S/C16H14BrNO3/c1-10-5-6-12(16(20)21)9-14(10)18-15(19)8-11-3-2-4-13(17)7-11/h2-7,9H,8H2,1H3,(H,18,19)(H,20,21). The lowest BCUT2D eigenvalue weighted by molar-refractivity contribution is -0.115. The van der Waals surface area contributed by atoms with Crippen LogP contribution < -0.4 is 5.32 Å². The molecule has 2 rings (SSSR count). The number of nitrogens with one attached hydrogen (secondary N) is 1. The van der Waals surface area contributed by atoms with Crippen LogP contribution >= 0.6 is 15.9 Å². The van der Waals surface area contributed by atoms with Gasteiger partial charge in [-0.15, -0.1) is 0 Å². The molecular weight excluding hydrogens is 334 g/mol. The van der Waals surface area contributed by atoms with Crippen molar-refractivity contribution in [1.82, 2.24) is 0 Å². The summed E-state index contributed by atoms with van der Waals surface area (Å²) in [5.74, 6) is -1.20. The van der Waals surface area contributed by atoms with E-state index in [0.29, 0.717) is 5.69 Å². The summed E-state index contributed by atoms with van der Waals surface area (Å²) in [5.41, 5.74) is 2.38. The van der Waals surface area contributed by atoms with E-state index in [1.165, 1.54) is 12.1 Å². The average Bonchev–Trinajstić information content (AvgIpc) is 2.41. The molecule has 0 radical (unpaired) electrons. The fourth-order valence-electron chi connectivity index (χ4n) is 1.92. The first kappa shape index (κ1) is 15.3. The molecule has 0 aliphatic heterocycles. The molecular formula is C16H14BrNO3. The van der Waals surface area contributed by atoms with Crippen molar-refractivity contribution in [2.75, 3.05) is 5.32 Å². The summed E-state index contributed by atoms with van der Waals surface area (Å²) in [6.45, 7) is 1.82. The average molecular weight is 348 g/mol. The second kappa shape index (κ2) is 6.54. The first-order valence-corrected chi connectivity index (χ1v) is 7.13. The minimum Gasteiger partial charge on any atom is -0.478 e. The van der Waals surface area contributed by atoms with Crippen molar-refractivity contribution >= 4 is 33.5 Å². The number of rotatable bonds is 4. The second-order valence-corrected chi connectivity index (χ2v) is 5.61. The summed E-state index contributed by atoms with van der Waals surface area (Å²) in [4.78, 5) is 23.0. The van der Waals surface area contributed by atoms with Gasteiger partial charge in [-0.1, -0.05) is 34.1 Å². The summed E-state index contributed by atoms with van der Waals surface area (Å²) in [6, 6.07) is 12.2. The molecule has 0 aliphatic rings. The molecule has 0 aliphatic carbocycles. The maximum atomic E-state index is 12.1. The Balaban J connectivity index is 2.12. The zero-order valence-electron chi connectivity index (χ0n) is 11.4. The molecule has 0 heterocycles. The third-order valence-electron chi connectivity index (χ3n) is 3.01. The molecule has 0 saturated heterocycles. The largest absolute Gasteiger partial charge is 0.478 e. The molecule has 108 valence electrons. The third kappa shape index (κ3) is 4.16. The molecule has 5 heteroatoms. The number of carbonyl (C=O) groups is 2. The van der Waals surface area contributed by atoms with E-state index in [4.69, 9.17) is 5.11 Å². The van der Waals surface area contributed by atoms with Gasteiger partial charge in [-0.05, 0) is 42.3 Å². The van der Waals surface area contributed by atoms with E-state index < -0.39 is 5.97 Å². The van der Waals surface area contributed by atoms with Crippen LogP contribution in [0.5, 0.6) is 0 Å². The van der Waals surface area contributed by atoms with Crippen LogP contribution in [0.25, 0.3) is 0 Å². The Bertz CT molecular complexity index is 698. The number of aryl methyl sites for hydroxylation is 1.